The van der Waals surface area contributed by atoms with E-state index in [0.717, 1.165) is 6.42 Å². The molecule has 3 rings (SSSR count). The van der Waals surface area contributed by atoms with E-state index in [2.05, 4.69) is 4.98 Å². The number of rotatable bonds is 2. The first-order valence-corrected chi connectivity index (χ1v) is 8.19. The van der Waals surface area contributed by atoms with Gasteiger partial charge in [-0.3, -0.25) is 9.59 Å². The Balaban J connectivity index is 1.66. The van der Waals surface area contributed by atoms with Gasteiger partial charge >= 0.3 is 0 Å². The molecule has 0 unspecified atom stereocenters. The number of aryl methyl sites for hydroxylation is 1. The summed E-state index contributed by atoms with van der Waals surface area (Å²) in [6, 6.07) is 3.69. The molecule has 0 aliphatic carbocycles. The SMILES string of the molecule is Cn1cccc1C(=O)N1CCCN(C(=O)c2cscn2)CC1. The van der Waals surface area contributed by atoms with Crippen LogP contribution >= 0.6 is 11.3 Å². The quantitative estimate of drug-likeness (QED) is 0.842. The van der Waals surface area contributed by atoms with Gasteiger partial charge in [-0.2, -0.15) is 0 Å². The fourth-order valence-corrected chi connectivity index (χ4v) is 3.17. The van der Waals surface area contributed by atoms with Gasteiger partial charge in [0.05, 0.1) is 5.51 Å². The molecular weight excluding hydrogens is 300 g/mol. The molecule has 6 nitrogen and oxygen atoms in total. The average Bonchev–Trinajstić information content (AvgIpc) is 3.12. The average molecular weight is 318 g/mol. The highest BCUT2D eigenvalue weighted by molar-refractivity contribution is 7.07. The molecule has 0 N–H and O–H groups in total. The van der Waals surface area contributed by atoms with Gasteiger partial charge in [0.2, 0.25) is 0 Å². The topological polar surface area (TPSA) is 58.4 Å². The van der Waals surface area contributed by atoms with Gasteiger partial charge in [0.1, 0.15) is 11.4 Å². The van der Waals surface area contributed by atoms with E-state index in [9.17, 15) is 9.59 Å². The van der Waals surface area contributed by atoms with Gasteiger partial charge in [-0.15, -0.1) is 11.3 Å². The van der Waals surface area contributed by atoms with Crippen molar-refractivity contribution in [2.75, 3.05) is 26.2 Å². The van der Waals surface area contributed by atoms with Crippen molar-refractivity contribution in [1.29, 1.82) is 0 Å². The number of hydrogen-bond acceptors (Lipinski definition) is 4. The van der Waals surface area contributed by atoms with Crippen LogP contribution in [0.5, 0.6) is 0 Å². The van der Waals surface area contributed by atoms with Crippen molar-refractivity contribution >= 4 is 23.2 Å². The lowest BCUT2D eigenvalue weighted by Crippen LogP contribution is -2.38. The molecule has 1 aliphatic heterocycles. The summed E-state index contributed by atoms with van der Waals surface area (Å²) < 4.78 is 1.82. The smallest absolute Gasteiger partial charge is 0.273 e. The number of thiazole rings is 1. The fraction of sp³-hybridized carbons (Fsp3) is 0.400. The minimum Gasteiger partial charge on any atom is -0.347 e. The van der Waals surface area contributed by atoms with Crippen molar-refractivity contribution < 1.29 is 9.59 Å². The molecule has 22 heavy (non-hydrogen) atoms. The Bertz CT molecular complexity index is 665. The standard InChI is InChI=1S/C15H18N4O2S/c1-17-5-2-4-13(17)15(21)19-7-3-6-18(8-9-19)14(20)12-10-22-11-16-12/h2,4-5,10-11H,3,6-9H2,1H3. The summed E-state index contributed by atoms with van der Waals surface area (Å²) in [7, 11) is 1.86. The van der Waals surface area contributed by atoms with Crippen LogP contribution in [0.25, 0.3) is 0 Å². The van der Waals surface area contributed by atoms with Gasteiger partial charge in [0.25, 0.3) is 11.8 Å². The maximum absolute atomic E-state index is 12.5. The Morgan fingerprint density at radius 2 is 1.86 bits per heavy atom. The van der Waals surface area contributed by atoms with Crippen LogP contribution in [0.15, 0.2) is 29.2 Å². The Morgan fingerprint density at radius 3 is 2.45 bits per heavy atom. The van der Waals surface area contributed by atoms with E-state index < -0.39 is 0 Å². The highest BCUT2D eigenvalue weighted by Crippen LogP contribution is 2.12. The van der Waals surface area contributed by atoms with Crippen LogP contribution in [0.3, 0.4) is 0 Å². The minimum atomic E-state index is -0.0468. The van der Waals surface area contributed by atoms with E-state index in [4.69, 9.17) is 0 Å². The van der Waals surface area contributed by atoms with Crippen LogP contribution in [0.2, 0.25) is 0 Å². The number of carbonyl (C=O) groups excluding carboxylic acids is 2. The molecule has 1 saturated heterocycles. The molecule has 3 heterocycles. The van der Waals surface area contributed by atoms with Crippen molar-refractivity contribution in [2.24, 2.45) is 7.05 Å². The first kappa shape index (κ1) is 14.8. The molecule has 0 radical (unpaired) electrons. The Morgan fingerprint density at radius 1 is 1.14 bits per heavy atom. The normalized spacial score (nSPS) is 15.7. The first-order chi connectivity index (χ1) is 10.7. The summed E-state index contributed by atoms with van der Waals surface area (Å²) in [5.74, 6) is -0.0233. The maximum Gasteiger partial charge on any atom is 0.273 e. The summed E-state index contributed by atoms with van der Waals surface area (Å²) in [4.78, 5) is 32.5. The molecule has 116 valence electrons. The van der Waals surface area contributed by atoms with Crippen molar-refractivity contribution in [3.8, 4) is 0 Å². The second-order valence-electron chi connectivity index (χ2n) is 5.32. The lowest BCUT2D eigenvalue weighted by atomic mass is 10.3. The predicted molar refractivity (Wildman–Crippen MR) is 84.0 cm³/mol. The molecule has 0 bridgehead atoms. The zero-order valence-corrected chi connectivity index (χ0v) is 13.3. The van der Waals surface area contributed by atoms with Crippen molar-refractivity contribution in [3.05, 3.63) is 40.6 Å². The number of amides is 2. The first-order valence-electron chi connectivity index (χ1n) is 7.25. The summed E-state index contributed by atoms with van der Waals surface area (Å²) in [6.07, 6.45) is 2.65. The maximum atomic E-state index is 12.5. The van der Waals surface area contributed by atoms with E-state index in [1.54, 1.807) is 15.8 Å². The van der Waals surface area contributed by atoms with Crippen LogP contribution in [-0.2, 0) is 7.05 Å². The Hall–Kier alpha value is -2.15. The lowest BCUT2D eigenvalue weighted by molar-refractivity contribution is 0.0711. The molecule has 7 heteroatoms. The molecule has 1 fully saturated rings. The predicted octanol–water partition coefficient (Wildman–Crippen LogP) is 1.47. The molecule has 2 amide bonds. The highest BCUT2D eigenvalue weighted by Gasteiger charge is 2.25. The van der Waals surface area contributed by atoms with Gasteiger partial charge in [-0.25, -0.2) is 4.98 Å². The van der Waals surface area contributed by atoms with E-state index in [-0.39, 0.29) is 11.8 Å². The molecule has 1 aliphatic rings. The molecule has 2 aromatic rings. The second-order valence-corrected chi connectivity index (χ2v) is 6.03. The Labute approximate surface area is 133 Å². The summed E-state index contributed by atoms with van der Waals surface area (Å²) in [5.41, 5.74) is 2.84. The van der Waals surface area contributed by atoms with E-state index in [0.29, 0.717) is 37.6 Å². The monoisotopic (exact) mass is 318 g/mol. The zero-order chi connectivity index (χ0) is 15.5. The third-order valence-electron chi connectivity index (χ3n) is 3.88. The third kappa shape index (κ3) is 2.89. The molecule has 0 atom stereocenters. The van der Waals surface area contributed by atoms with Crippen molar-refractivity contribution in [3.63, 3.8) is 0 Å². The van der Waals surface area contributed by atoms with Gasteiger partial charge in [-0.1, -0.05) is 0 Å². The third-order valence-corrected chi connectivity index (χ3v) is 4.47. The molecule has 2 aromatic heterocycles. The van der Waals surface area contributed by atoms with E-state index >= 15 is 0 Å². The lowest BCUT2D eigenvalue weighted by Gasteiger charge is -2.22. The zero-order valence-electron chi connectivity index (χ0n) is 12.4. The van der Waals surface area contributed by atoms with Gasteiger partial charge in [0, 0.05) is 44.8 Å². The summed E-state index contributed by atoms with van der Waals surface area (Å²) >= 11 is 1.42. The molecular formula is C15H18N4O2S. The summed E-state index contributed by atoms with van der Waals surface area (Å²) in [6.45, 7) is 2.44. The number of carbonyl (C=O) groups is 2. The molecule has 0 spiro atoms. The molecule has 0 aromatic carbocycles. The van der Waals surface area contributed by atoms with Crippen LogP contribution in [0.1, 0.15) is 27.4 Å². The van der Waals surface area contributed by atoms with Crippen LogP contribution in [0, 0.1) is 0 Å². The number of aromatic nitrogens is 2. The fourth-order valence-electron chi connectivity index (χ4n) is 2.65. The van der Waals surface area contributed by atoms with Crippen molar-refractivity contribution in [2.45, 2.75) is 6.42 Å². The van der Waals surface area contributed by atoms with Gasteiger partial charge in [-0.05, 0) is 18.6 Å². The van der Waals surface area contributed by atoms with Crippen LogP contribution in [0.4, 0.5) is 0 Å². The van der Waals surface area contributed by atoms with Crippen LogP contribution in [-0.4, -0.2) is 57.3 Å². The van der Waals surface area contributed by atoms with E-state index in [1.165, 1.54) is 11.3 Å². The highest BCUT2D eigenvalue weighted by atomic mass is 32.1. The second kappa shape index (κ2) is 6.31. The van der Waals surface area contributed by atoms with Crippen LogP contribution < -0.4 is 0 Å². The van der Waals surface area contributed by atoms with Crippen molar-refractivity contribution in [1.82, 2.24) is 19.4 Å². The summed E-state index contributed by atoms with van der Waals surface area (Å²) in [5, 5.41) is 1.76. The van der Waals surface area contributed by atoms with Gasteiger partial charge in [0.15, 0.2) is 0 Å². The molecule has 0 saturated carbocycles. The largest absolute Gasteiger partial charge is 0.347 e. The minimum absolute atomic E-state index is 0.0236. The Kier molecular flexibility index (Phi) is 4.24. The van der Waals surface area contributed by atoms with E-state index in [1.807, 2.05) is 34.8 Å². The number of nitrogens with zero attached hydrogens (tertiary/aromatic N) is 4. The van der Waals surface area contributed by atoms with Gasteiger partial charge < -0.3 is 14.4 Å². The number of hydrogen-bond donors (Lipinski definition) is 0.